The van der Waals surface area contributed by atoms with Crippen LogP contribution in [0.2, 0.25) is 0 Å². The molecule has 3 aromatic rings. The molecule has 0 unspecified atom stereocenters. The maximum Gasteiger partial charge on any atom is 0.289 e. The molecule has 1 amide bonds. The molecule has 9 heteroatoms. The molecule has 2 aliphatic heterocycles. The van der Waals surface area contributed by atoms with Gasteiger partial charge >= 0.3 is 0 Å². The number of fused-ring (bicyclic) bond motifs is 1. The molecule has 0 bridgehead atoms. The predicted octanol–water partition coefficient (Wildman–Crippen LogP) is 5.49. The summed E-state index contributed by atoms with van der Waals surface area (Å²) in [6.45, 7) is 3.77. The lowest BCUT2D eigenvalue weighted by molar-refractivity contribution is -0.153. The van der Waals surface area contributed by atoms with Crippen molar-refractivity contribution in [2.45, 2.75) is 51.3 Å². The summed E-state index contributed by atoms with van der Waals surface area (Å²) in [5, 5.41) is 0. The van der Waals surface area contributed by atoms with Crippen molar-refractivity contribution in [1.29, 1.82) is 0 Å². The first-order chi connectivity index (χ1) is 17.3. The van der Waals surface area contributed by atoms with Gasteiger partial charge in [0, 0.05) is 6.20 Å². The van der Waals surface area contributed by atoms with Crippen LogP contribution in [-0.4, -0.2) is 39.6 Å². The average molecular weight is 498 g/mol. The third kappa shape index (κ3) is 4.23. The molecular weight excluding hydrogens is 471 g/mol. The van der Waals surface area contributed by atoms with E-state index < -0.39 is 23.5 Å². The highest BCUT2D eigenvalue weighted by molar-refractivity contribution is 5.97. The number of imidazole rings is 1. The summed E-state index contributed by atoms with van der Waals surface area (Å²) in [6.07, 6.45) is 6.84. The molecule has 6 nitrogen and oxygen atoms in total. The fourth-order valence-corrected chi connectivity index (χ4v) is 5.13. The zero-order valence-corrected chi connectivity index (χ0v) is 20.2. The van der Waals surface area contributed by atoms with E-state index in [1.54, 1.807) is 30.5 Å². The summed E-state index contributed by atoms with van der Waals surface area (Å²) in [4.78, 5) is 19.5. The van der Waals surface area contributed by atoms with Crippen molar-refractivity contribution in [2.24, 2.45) is 0 Å². The van der Waals surface area contributed by atoms with Crippen molar-refractivity contribution < 1.29 is 27.4 Å². The average Bonchev–Trinajstić information content (AvgIpc) is 3.30. The largest absolute Gasteiger partial charge is 0.495 e. The Morgan fingerprint density at radius 2 is 1.89 bits per heavy atom. The lowest BCUT2D eigenvalue weighted by Crippen LogP contribution is -2.55. The molecule has 0 saturated carbocycles. The van der Waals surface area contributed by atoms with Crippen LogP contribution in [0.5, 0.6) is 5.75 Å². The maximum absolute atomic E-state index is 14.0. The second-order valence-corrected chi connectivity index (χ2v) is 9.21. The Kier molecular flexibility index (Phi) is 6.24. The minimum atomic E-state index is -1.52. The smallest absolute Gasteiger partial charge is 0.289 e. The van der Waals surface area contributed by atoms with Gasteiger partial charge in [-0.25, -0.2) is 18.2 Å². The Labute approximate surface area is 207 Å². The number of amides is 1. The normalized spacial score (nSPS) is 22.9. The van der Waals surface area contributed by atoms with Gasteiger partial charge in [-0.3, -0.25) is 4.79 Å². The predicted molar refractivity (Wildman–Crippen MR) is 127 cm³/mol. The van der Waals surface area contributed by atoms with Crippen molar-refractivity contribution in [2.75, 3.05) is 7.11 Å². The van der Waals surface area contributed by atoms with Crippen LogP contribution in [0.3, 0.4) is 0 Å². The van der Waals surface area contributed by atoms with Crippen LogP contribution in [0.4, 0.5) is 13.2 Å². The first-order valence-corrected chi connectivity index (χ1v) is 11.8. The first-order valence-electron chi connectivity index (χ1n) is 11.8. The molecule has 36 heavy (non-hydrogen) atoms. The second-order valence-electron chi connectivity index (χ2n) is 9.21. The minimum Gasteiger partial charge on any atom is -0.495 e. The number of carbonyl (C=O) groups excluding carboxylic acids is 1. The number of halogens is 3. The number of hydrogen-bond acceptors (Lipinski definition) is 4. The van der Waals surface area contributed by atoms with Gasteiger partial charge in [-0.2, -0.15) is 0 Å². The van der Waals surface area contributed by atoms with Crippen LogP contribution < -0.4 is 4.74 Å². The van der Waals surface area contributed by atoms with Crippen molar-refractivity contribution in [1.82, 2.24) is 14.5 Å². The minimum absolute atomic E-state index is 0.127. The van der Waals surface area contributed by atoms with E-state index in [9.17, 15) is 18.0 Å². The van der Waals surface area contributed by atoms with Crippen LogP contribution >= 0.6 is 0 Å². The molecule has 188 valence electrons. The molecule has 5 rings (SSSR count). The molecule has 0 spiro atoms. The quantitative estimate of drug-likeness (QED) is 0.354. The number of morpholine rings is 1. The fraction of sp³-hybridized carbons (Fsp3) is 0.333. The number of aryl methyl sites for hydroxylation is 1. The standard InChI is InChI=1S/C27H26F3N3O3/c1-15-13-32(14-31-15)23-8-7-17(9-24(23)35-3)10-25-27(34)33-21(16(2)36-25)5-4-6-22(33)18-11-19(28)26(30)20(29)12-18/h7-14,16,21-22H,4-6H2,1-3H3/b25-10-/t16-,21-,22-/m0/s1. The van der Waals surface area contributed by atoms with Crippen LogP contribution in [-0.2, 0) is 9.53 Å². The lowest BCUT2D eigenvalue weighted by Gasteiger charge is -2.48. The number of piperidine rings is 1. The third-order valence-electron chi connectivity index (χ3n) is 6.85. The fourth-order valence-electron chi connectivity index (χ4n) is 5.13. The molecule has 2 aliphatic rings. The number of ether oxygens (including phenoxy) is 2. The number of aromatic nitrogens is 2. The Morgan fingerprint density at radius 3 is 2.56 bits per heavy atom. The van der Waals surface area contributed by atoms with Gasteiger partial charge in [0.25, 0.3) is 5.91 Å². The van der Waals surface area contributed by atoms with Crippen molar-refractivity contribution in [3.05, 3.63) is 82.9 Å². The Bertz CT molecular complexity index is 1330. The van der Waals surface area contributed by atoms with Gasteiger partial charge in [-0.1, -0.05) is 6.07 Å². The van der Waals surface area contributed by atoms with E-state index in [2.05, 4.69) is 4.98 Å². The van der Waals surface area contributed by atoms with E-state index in [0.29, 0.717) is 24.2 Å². The van der Waals surface area contributed by atoms with Crippen molar-refractivity contribution in [3.8, 4) is 11.4 Å². The maximum atomic E-state index is 14.0. The summed E-state index contributed by atoms with van der Waals surface area (Å²) in [5.74, 6) is -3.71. The summed E-state index contributed by atoms with van der Waals surface area (Å²) < 4.78 is 55.0. The number of rotatable bonds is 4. The summed E-state index contributed by atoms with van der Waals surface area (Å²) in [7, 11) is 1.56. The SMILES string of the molecule is COc1cc(/C=C2\O[C@@H](C)[C@@H]3CCC[C@@H](c4cc(F)c(F)c(F)c4)N3C2=O)ccc1-n1cnc(C)c1. The molecule has 3 heterocycles. The highest BCUT2D eigenvalue weighted by Gasteiger charge is 2.44. The Hall–Kier alpha value is -3.75. The van der Waals surface area contributed by atoms with E-state index in [1.165, 1.54) is 0 Å². The molecule has 3 atom stereocenters. The molecule has 0 aliphatic carbocycles. The highest BCUT2D eigenvalue weighted by Crippen LogP contribution is 2.41. The molecule has 0 N–H and O–H groups in total. The van der Waals surface area contributed by atoms with Crippen LogP contribution in [0.15, 0.2) is 48.6 Å². The van der Waals surface area contributed by atoms with Gasteiger partial charge in [0.1, 0.15) is 11.9 Å². The van der Waals surface area contributed by atoms with E-state index in [1.807, 2.05) is 36.7 Å². The van der Waals surface area contributed by atoms with Crippen molar-refractivity contribution >= 4 is 12.0 Å². The number of nitrogens with zero attached hydrogens (tertiary/aromatic N) is 3. The van der Waals surface area contributed by atoms with E-state index in [4.69, 9.17) is 9.47 Å². The Morgan fingerprint density at radius 1 is 1.14 bits per heavy atom. The number of carbonyl (C=O) groups is 1. The molecule has 0 radical (unpaired) electrons. The summed E-state index contributed by atoms with van der Waals surface area (Å²) in [5.41, 5.74) is 2.58. The first kappa shape index (κ1) is 24.0. The van der Waals surface area contributed by atoms with Gasteiger partial charge in [-0.15, -0.1) is 0 Å². The number of hydrogen-bond donors (Lipinski definition) is 0. The van der Waals surface area contributed by atoms with E-state index in [0.717, 1.165) is 29.9 Å². The topological polar surface area (TPSA) is 56.6 Å². The zero-order valence-electron chi connectivity index (χ0n) is 20.2. The number of benzene rings is 2. The van der Waals surface area contributed by atoms with Gasteiger partial charge < -0.3 is 18.9 Å². The molecule has 2 fully saturated rings. The lowest BCUT2D eigenvalue weighted by atomic mass is 9.87. The second kappa shape index (κ2) is 9.37. The third-order valence-corrected chi connectivity index (χ3v) is 6.85. The van der Waals surface area contributed by atoms with Crippen LogP contribution in [0.1, 0.15) is 49.0 Å². The van der Waals surface area contributed by atoms with Gasteiger partial charge in [-0.05, 0) is 74.6 Å². The molecular formula is C27H26F3N3O3. The van der Waals surface area contributed by atoms with Gasteiger partial charge in [0.05, 0.1) is 36.9 Å². The van der Waals surface area contributed by atoms with Gasteiger partial charge in [0.2, 0.25) is 0 Å². The summed E-state index contributed by atoms with van der Waals surface area (Å²) in [6, 6.07) is 6.60. The molecule has 1 aromatic heterocycles. The number of methoxy groups -OCH3 is 1. The van der Waals surface area contributed by atoms with Crippen LogP contribution in [0, 0.1) is 24.4 Å². The highest BCUT2D eigenvalue weighted by atomic mass is 19.2. The summed E-state index contributed by atoms with van der Waals surface area (Å²) >= 11 is 0. The molecule has 2 aromatic carbocycles. The zero-order chi connectivity index (χ0) is 25.6. The van der Waals surface area contributed by atoms with Gasteiger partial charge in [0.15, 0.2) is 23.2 Å². The Balaban J connectivity index is 1.49. The monoisotopic (exact) mass is 497 g/mol. The van der Waals surface area contributed by atoms with Crippen molar-refractivity contribution in [3.63, 3.8) is 0 Å². The van der Waals surface area contributed by atoms with Crippen LogP contribution in [0.25, 0.3) is 11.8 Å². The van der Waals surface area contributed by atoms with E-state index >= 15 is 0 Å². The molecule has 2 saturated heterocycles. The van der Waals surface area contributed by atoms with E-state index in [-0.39, 0.29) is 29.4 Å².